The molecule has 1 aliphatic heterocycles. The summed E-state index contributed by atoms with van der Waals surface area (Å²) in [6.07, 6.45) is -1.04. The number of alkyl halides is 3. The highest BCUT2D eigenvalue weighted by atomic mass is 19.4. The number of aromatic nitrogens is 4. The molecule has 2 aromatic heterocycles. The lowest BCUT2D eigenvalue weighted by Crippen LogP contribution is -2.38. The van der Waals surface area contributed by atoms with Gasteiger partial charge in [0, 0.05) is 25.2 Å². The molecule has 0 radical (unpaired) electrons. The number of carbonyl (C=O) groups is 1. The number of aryl methyl sites for hydroxylation is 1. The van der Waals surface area contributed by atoms with Gasteiger partial charge < -0.3 is 15.6 Å². The number of nitrogens with zero attached hydrogens (tertiary/aromatic N) is 4. The predicted octanol–water partition coefficient (Wildman–Crippen LogP) is 2.32. The van der Waals surface area contributed by atoms with Gasteiger partial charge in [0.05, 0.1) is 11.1 Å². The lowest BCUT2D eigenvalue weighted by molar-refractivity contribution is -0.136. The van der Waals surface area contributed by atoms with E-state index >= 15 is 0 Å². The van der Waals surface area contributed by atoms with Crippen molar-refractivity contribution in [3.05, 3.63) is 47.2 Å². The van der Waals surface area contributed by atoms with E-state index in [4.69, 9.17) is 5.41 Å². The minimum Gasteiger partial charge on any atom is -0.354 e. The standard InChI is InChI=1S/C20H21F3N8O/c1-31-14(8-10-26-31)16(24)29-17-11-5-4-6-12(20(21,22)23)15(11)28-19(30-17)27-13-7-2-3-9-25-18(13)32/h4-6,8,10,13H,2-3,7,9H2,1H3,(H,25,32)(H3,24,27,28,29,30)/t13-/m1/s1. The summed E-state index contributed by atoms with van der Waals surface area (Å²) in [6.45, 7) is 0.548. The van der Waals surface area contributed by atoms with Crippen molar-refractivity contribution in [2.75, 3.05) is 11.9 Å². The third kappa shape index (κ3) is 4.34. The van der Waals surface area contributed by atoms with Gasteiger partial charge in [-0.25, -0.2) is 9.98 Å². The number of hydrogen-bond donors (Lipinski definition) is 4. The second kappa shape index (κ2) is 8.44. The quantitative estimate of drug-likeness (QED) is 0.364. The molecule has 12 heteroatoms. The second-order valence-electron chi connectivity index (χ2n) is 7.42. The van der Waals surface area contributed by atoms with Gasteiger partial charge in [-0.05, 0) is 37.5 Å². The van der Waals surface area contributed by atoms with Gasteiger partial charge in [-0.1, -0.05) is 6.07 Å². The van der Waals surface area contributed by atoms with Crippen LogP contribution in [0.2, 0.25) is 0 Å². The van der Waals surface area contributed by atoms with Gasteiger partial charge in [-0.15, -0.1) is 0 Å². The molecular weight excluding hydrogens is 425 g/mol. The number of carbonyl (C=O) groups excluding carboxylic acids is 1. The number of fused-ring (bicyclic) bond motifs is 1. The molecule has 1 atom stereocenters. The van der Waals surface area contributed by atoms with Crippen molar-refractivity contribution in [3.63, 3.8) is 0 Å². The van der Waals surface area contributed by atoms with Gasteiger partial charge in [-0.2, -0.15) is 18.3 Å². The smallest absolute Gasteiger partial charge is 0.354 e. The van der Waals surface area contributed by atoms with E-state index in [0.29, 0.717) is 18.7 Å². The molecule has 4 N–H and O–H groups in total. The Morgan fingerprint density at radius 3 is 2.84 bits per heavy atom. The van der Waals surface area contributed by atoms with Crippen LogP contribution in [0.15, 0.2) is 35.5 Å². The summed E-state index contributed by atoms with van der Waals surface area (Å²) in [6, 6.07) is 4.57. The number of aromatic amines is 1. The number of benzene rings is 1. The van der Waals surface area contributed by atoms with Crippen LogP contribution in [0.4, 0.5) is 19.1 Å². The number of rotatable bonds is 3. The molecule has 0 bridgehead atoms. The molecule has 1 aliphatic rings. The lowest BCUT2D eigenvalue weighted by Gasteiger charge is -2.17. The zero-order valence-electron chi connectivity index (χ0n) is 17.1. The van der Waals surface area contributed by atoms with E-state index in [-0.39, 0.29) is 34.1 Å². The fraction of sp³-hybridized carbons (Fsp3) is 0.350. The van der Waals surface area contributed by atoms with E-state index < -0.39 is 17.8 Å². The van der Waals surface area contributed by atoms with Crippen LogP contribution in [0.25, 0.3) is 10.9 Å². The number of amidine groups is 1. The van der Waals surface area contributed by atoms with Crippen LogP contribution in [0.5, 0.6) is 0 Å². The highest BCUT2D eigenvalue weighted by Gasteiger charge is 2.33. The number of hydrogen-bond acceptors (Lipinski definition) is 5. The Bertz CT molecular complexity index is 1240. The zero-order valence-corrected chi connectivity index (χ0v) is 17.1. The highest BCUT2D eigenvalue weighted by Crippen LogP contribution is 2.33. The van der Waals surface area contributed by atoms with Crippen LogP contribution in [-0.2, 0) is 18.0 Å². The van der Waals surface area contributed by atoms with Crippen LogP contribution in [0.1, 0.15) is 30.5 Å². The van der Waals surface area contributed by atoms with Crippen molar-refractivity contribution in [3.8, 4) is 0 Å². The Labute approximate surface area is 180 Å². The molecule has 0 unspecified atom stereocenters. The Hall–Kier alpha value is -3.70. The number of nitrogens with one attached hydrogen (secondary N) is 4. The summed E-state index contributed by atoms with van der Waals surface area (Å²) < 4.78 is 42.5. The van der Waals surface area contributed by atoms with Gasteiger partial charge in [0.25, 0.3) is 0 Å². The molecule has 1 aromatic carbocycles. The SMILES string of the molecule is Cn1nccc1C(=N)/N=c1\[nH]c(N[C@@H]2CCCCNC2=O)nc2c(C(F)(F)F)cccc12. The Kier molecular flexibility index (Phi) is 5.68. The zero-order chi connectivity index (χ0) is 22.9. The first kappa shape index (κ1) is 21.5. The first-order valence-electron chi connectivity index (χ1n) is 10.00. The first-order chi connectivity index (χ1) is 15.2. The van der Waals surface area contributed by atoms with Gasteiger partial charge >= 0.3 is 6.18 Å². The predicted molar refractivity (Wildman–Crippen MR) is 111 cm³/mol. The lowest BCUT2D eigenvalue weighted by atomic mass is 10.1. The minimum absolute atomic E-state index is 0.0174. The van der Waals surface area contributed by atoms with Crippen molar-refractivity contribution >= 4 is 28.6 Å². The summed E-state index contributed by atoms with van der Waals surface area (Å²) in [4.78, 5) is 23.5. The third-order valence-corrected chi connectivity index (χ3v) is 5.19. The van der Waals surface area contributed by atoms with Crippen LogP contribution in [0.3, 0.4) is 0 Å². The molecule has 3 heterocycles. The summed E-state index contributed by atoms with van der Waals surface area (Å²) in [5.74, 6) is -0.472. The molecule has 0 aliphatic carbocycles. The minimum atomic E-state index is -4.64. The van der Waals surface area contributed by atoms with Gasteiger partial charge in [0.15, 0.2) is 5.84 Å². The summed E-state index contributed by atoms with van der Waals surface area (Å²) >= 11 is 0. The Balaban J connectivity index is 1.87. The number of amides is 1. The molecule has 4 rings (SSSR count). The normalized spacial score (nSPS) is 17.8. The van der Waals surface area contributed by atoms with Gasteiger partial charge in [-0.3, -0.25) is 14.9 Å². The largest absolute Gasteiger partial charge is 0.418 e. The molecule has 32 heavy (non-hydrogen) atoms. The highest BCUT2D eigenvalue weighted by molar-refractivity contribution is 5.96. The molecule has 168 valence electrons. The van der Waals surface area contributed by atoms with E-state index in [1.165, 1.54) is 23.0 Å². The molecule has 1 amide bonds. The Morgan fingerprint density at radius 1 is 1.31 bits per heavy atom. The molecule has 3 aromatic rings. The number of H-pyrrole nitrogens is 1. The molecule has 0 saturated carbocycles. The maximum absolute atomic E-state index is 13.7. The van der Waals surface area contributed by atoms with Crippen LogP contribution in [0, 0.1) is 5.41 Å². The van der Waals surface area contributed by atoms with Crippen molar-refractivity contribution in [2.45, 2.75) is 31.5 Å². The Morgan fingerprint density at radius 2 is 2.12 bits per heavy atom. The molecular formula is C20H21F3N8O. The van der Waals surface area contributed by atoms with Crippen LogP contribution >= 0.6 is 0 Å². The van der Waals surface area contributed by atoms with E-state index in [1.54, 1.807) is 13.1 Å². The summed E-state index contributed by atoms with van der Waals surface area (Å²) in [7, 11) is 1.63. The van der Waals surface area contributed by atoms with Crippen LogP contribution in [-0.4, -0.2) is 44.1 Å². The van der Waals surface area contributed by atoms with E-state index in [9.17, 15) is 18.0 Å². The fourth-order valence-corrected chi connectivity index (χ4v) is 3.58. The number of halogens is 3. The van der Waals surface area contributed by atoms with E-state index in [1.807, 2.05) is 0 Å². The first-order valence-corrected chi connectivity index (χ1v) is 10.00. The van der Waals surface area contributed by atoms with Gasteiger partial charge in [0.2, 0.25) is 11.9 Å². The number of anilines is 1. The van der Waals surface area contributed by atoms with E-state index in [2.05, 4.69) is 30.7 Å². The topological polar surface area (TPSA) is 124 Å². The van der Waals surface area contributed by atoms with Crippen LogP contribution < -0.4 is 16.1 Å². The number of para-hydroxylation sites is 1. The molecule has 9 nitrogen and oxygen atoms in total. The second-order valence-corrected chi connectivity index (χ2v) is 7.42. The average molecular weight is 446 g/mol. The van der Waals surface area contributed by atoms with Crippen molar-refractivity contribution in [2.24, 2.45) is 12.0 Å². The van der Waals surface area contributed by atoms with Crippen molar-refractivity contribution in [1.29, 1.82) is 5.41 Å². The fourth-order valence-electron chi connectivity index (χ4n) is 3.58. The maximum atomic E-state index is 13.7. The maximum Gasteiger partial charge on any atom is 0.418 e. The molecule has 1 saturated heterocycles. The van der Waals surface area contributed by atoms with E-state index in [0.717, 1.165) is 18.9 Å². The summed E-state index contributed by atoms with van der Waals surface area (Å²) in [5, 5.41) is 18.0. The van der Waals surface area contributed by atoms with Crippen molar-refractivity contribution in [1.82, 2.24) is 25.1 Å². The average Bonchev–Trinajstić information content (AvgIpc) is 3.07. The van der Waals surface area contributed by atoms with Gasteiger partial charge in [0.1, 0.15) is 17.2 Å². The third-order valence-electron chi connectivity index (χ3n) is 5.19. The molecule has 1 fully saturated rings. The van der Waals surface area contributed by atoms with Crippen molar-refractivity contribution < 1.29 is 18.0 Å². The molecule has 0 spiro atoms. The summed E-state index contributed by atoms with van der Waals surface area (Å²) in [5.41, 5.74) is -0.857. The monoisotopic (exact) mass is 446 g/mol.